The molecule has 0 bridgehead atoms. The third-order valence-electron chi connectivity index (χ3n) is 10.00. The van der Waals surface area contributed by atoms with E-state index in [-0.39, 0.29) is 18.1 Å². The van der Waals surface area contributed by atoms with Crippen LogP contribution in [0.2, 0.25) is 0 Å². The van der Waals surface area contributed by atoms with Gasteiger partial charge in [0.1, 0.15) is 5.75 Å². The molecule has 0 aromatic heterocycles. The summed E-state index contributed by atoms with van der Waals surface area (Å²) in [5, 5.41) is 0. The van der Waals surface area contributed by atoms with Gasteiger partial charge in [0.2, 0.25) is 11.6 Å². The van der Waals surface area contributed by atoms with E-state index in [0.29, 0.717) is 24.4 Å². The number of benzene rings is 2. The summed E-state index contributed by atoms with van der Waals surface area (Å²) in [5.41, 5.74) is 1.37. The van der Waals surface area contributed by atoms with Crippen LogP contribution in [-0.2, 0) is 0 Å². The number of hydrogen-bond donors (Lipinski definition) is 0. The van der Waals surface area contributed by atoms with Crippen molar-refractivity contribution in [2.45, 2.75) is 96.8 Å². The minimum absolute atomic E-state index is 0.0361. The van der Waals surface area contributed by atoms with E-state index in [1.165, 1.54) is 69.1 Å². The molecule has 4 atom stereocenters. The molecule has 0 N–H and O–H groups in total. The maximum absolute atomic E-state index is 14.3. The standard InChI is InChI=1S/C35H48F2O3/c1-3-5-24-6-12-30-21-26(9-13-29(30)20-24)23-39-31-16-14-28(15-17-31)27-10-7-25(8-11-27)22-40-33-19-18-32(38-4-2)34(36)35(33)37/h14-19,24-27,29-30H,3-13,20-23H2,1-2H3. The third kappa shape index (κ3) is 7.31. The molecule has 220 valence electrons. The van der Waals surface area contributed by atoms with Gasteiger partial charge in [-0.05, 0) is 130 Å². The lowest BCUT2D eigenvalue weighted by atomic mass is 9.64. The van der Waals surface area contributed by atoms with E-state index in [2.05, 4.69) is 31.2 Å². The lowest BCUT2D eigenvalue weighted by molar-refractivity contribution is 0.0749. The van der Waals surface area contributed by atoms with Gasteiger partial charge in [0.25, 0.3) is 0 Å². The summed E-state index contributed by atoms with van der Waals surface area (Å²) in [7, 11) is 0. The first-order valence-electron chi connectivity index (χ1n) is 16.0. The summed E-state index contributed by atoms with van der Waals surface area (Å²) >= 11 is 0. The average Bonchev–Trinajstić information content (AvgIpc) is 2.99. The minimum Gasteiger partial charge on any atom is -0.493 e. The normalized spacial score (nSPS) is 28.5. The number of halogens is 2. The summed E-state index contributed by atoms with van der Waals surface area (Å²) in [6.07, 6.45) is 15.4. The summed E-state index contributed by atoms with van der Waals surface area (Å²) in [4.78, 5) is 0. The first kappa shape index (κ1) is 29.2. The van der Waals surface area contributed by atoms with Gasteiger partial charge >= 0.3 is 0 Å². The molecule has 0 aliphatic heterocycles. The van der Waals surface area contributed by atoms with E-state index in [4.69, 9.17) is 14.2 Å². The van der Waals surface area contributed by atoms with Crippen molar-refractivity contribution in [3.05, 3.63) is 53.6 Å². The Hall–Kier alpha value is -2.30. The first-order chi connectivity index (χ1) is 19.5. The molecule has 0 radical (unpaired) electrons. The van der Waals surface area contributed by atoms with E-state index in [9.17, 15) is 8.78 Å². The maximum atomic E-state index is 14.3. The summed E-state index contributed by atoms with van der Waals surface area (Å²) in [6.45, 7) is 5.62. The molecule has 5 heteroatoms. The predicted octanol–water partition coefficient (Wildman–Crippen LogP) is 9.73. The lowest BCUT2D eigenvalue weighted by Gasteiger charge is -2.42. The number of fused-ring (bicyclic) bond motifs is 1. The molecule has 3 fully saturated rings. The van der Waals surface area contributed by atoms with Crippen molar-refractivity contribution in [3.63, 3.8) is 0 Å². The quantitative estimate of drug-likeness (QED) is 0.277. The summed E-state index contributed by atoms with van der Waals surface area (Å²) in [5.74, 6) is 3.41. The molecule has 40 heavy (non-hydrogen) atoms. The van der Waals surface area contributed by atoms with Crippen molar-refractivity contribution in [1.82, 2.24) is 0 Å². The van der Waals surface area contributed by atoms with Crippen LogP contribution in [0.25, 0.3) is 0 Å². The molecule has 2 aromatic carbocycles. The molecule has 3 aliphatic carbocycles. The van der Waals surface area contributed by atoms with Gasteiger partial charge in [0.15, 0.2) is 11.5 Å². The van der Waals surface area contributed by atoms with Crippen LogP contribution in [0.15, 0.2) is 36.4 Å². The van der Waals surface area contributed by atoms with Crippen LogP contribution in [0.4, 0.5) is 8.78 Å². The topological polar surface area (TPSA) is 27.7 Å². The Kier molecular flexibility index (Phi) is 10.3. The highest BCUT2D eigenvalue weighted by Gasteiger charge is 2.35. The van der Waals surface area contributed by atoms with Gasteiger partial charge in [-0.25, -0.2) is 0 Å². The van der Waals surface area contributed by atoms with Crippen LogP contribution in [-0.4, -0.2) is 19.8 Å². The van der Waals surface area contributed by atoms with Crippen molar-refractivity contribution in [2.24, 2.45) is 29.6 Å². The first-order valence-corrected chi connectivity index (χ1v) is 16.0. The largest absolute Gasteiger partial charge is 0.493 e. The SMILES string of the molecule is CCCC1CCC2CC(COc3ccc(C4CCC(COc5ccc(OCC)c(F)c5F)CC4)cc3)CCC2C1. The zero-order valence-corrected chi connectivity index (χ0v) is 24.5. The second-order valence-electron chi connectivity index (χ2n) is 12.7. The molecular formula is C35H48F2O3. The molecular weight excluding hydrogens is 506 g/mol. The molecule has 3 nitrogen and oxygen atoms in total. The van der Waals surface area contributed by atoms with Crippen molar-refractivity contribution in [2.75, 3.05) is 19.8 Å². The molecule has 3 aliphatic rings. The summed E-state index contributed by atoms with van der Waals surface area (Å²) < 4.78 is 45.5. The van der Waals surface area contributed by atoms with Crippen molar-refractivity contribution >= 4 is 0 Å². The van der Waals surface area contributed by atoms with Crippen molar-refractivity contribution in [3.8, 4) is 17.2 Å². The van der Waals surface area contributed by atoms with Crippen LogP contribution in [0, 0.1) is 41.2 Å². The monoisotopic (exact) mass is 554 g/mol. The third-order valence-corrected chi connectivity index (χ3v) is 10.00. The Morgan fingerprint density at radius 3 is 1.85 bits per heavy atom. The Morgan fingerprint density at radius 2 is 1.20 bits per heavy atom. The predicted molar refractivity (Wildman–Crippen MR) is 156 cm³/mol. The molecule has 0 saturated heterocycles. The van der Waals surface area contributed by atoms with Crippen LogP contribution in [0.5, 0.6) is 17.2 Å². The smallest absolute Gasteiger partial charge is 0.204 e. The van der Waals surface area contributed by atoms with E-state index in [1.54, 1.807) is 6.92 Å². The van der Waals surface area contributed by atoms with Gasteiger partial charge in [-0.2, -0.15) is 8.78 Å². The molecule has 5 rings (SSSR count). The fraction of sp³-hybridized carbons (Fsp3) is 0.657. The Balaban J connectivity index is 1.02. The lowest BCUT2D eigenvalue weighted by Crippen LogP contribution is -2.32. The summed E-state index contributed by atoms with van der Waals surface area (Å²) in [6, 6.07) is 11.7. The van der Waals surface area contributed by atoms with Crippen LogP contribution < -0.4 is 14.2 Å². The fourth-order valence-corrected chi connectivity index (χ4v) is 7.72. The van der Waals surface area contributed by atoms with Gasteiger partial charge in [-0.1, -0.05) is 38.3 Å². The zero-order valence-electron chi connectivity index (χ0n) is 24.5. The van der Waals surface area contributed by atoms with Gasteiger partial charge < -0.3 is 14.2 Å². The molecule has 0 amide bonds. The molecule has 2 aromatic rings. The van der Waals surface area contributed by atoms with Crippen LogP contribution >= 0.6 is 0 Å². The van der Waals surface area contributed by atoms with E-state index in [1.807, 2.05) is 0 Å². The minimum atomic E-state index is -0.979. The van der Waals surface area contributed by atoms with E-state index >= 15 is 0 Å². The fourth-order valence-electron chi connectivity index (χ4n) is 7.72. The second-order valence-corrected chi connectivity index (χ2v) is 12.7. The van der Waals surface area contributed by atoms with Gasteiger partial charge in [-0.3, -0.25) is 0 Å². The number of ether oxygens (including phenoxy) is 3. The van der Waals surface area contributed by atoms with Crippen LogP contribution in [0.3, 0.4) is 0 Å². The molecule has 4 unspecified atom stereocenters. The van der Waals surface area contributed by atoms with Gasteiger partial charge in [0.05, 0.1) is 19.8 Å². The van der Waals surface area contributed by atoms with Crippen LogP contribution in [0.1, 0.15) is 102 Å². The van der Waals surface area contributed by atoms with E-state index in [0.717, 1.165) is 55.8 Å². The highest BCUT2D eigenvalue weighted by molar-refractivity contribution is 5.35. The Labute approximate surface area is 240 Å². The number of rotatable bonds is 11. The second kappa shape index (κ2) is 14.0. The Morgan fingerprint density at radius 1 is 0.625 bits per heavy atom. The highest BCUT2D eigenvalue weighted by Crippen LogP contribution is 2.46. The highest BCUT2D eigenvalue weighted by atomic mass is 19.2. The average molecular weight is 555 g/mol. The van der Waals surface area contributed by atoms with Crippen molar-refractivity contribution < 1.29 is 23.0 Å². The number of hydrogen-bond acceptors (Lipinski definition) is 3. The molecule has 0 heterocycles. The maximum Gasteiger partial charge on any atom is 0.204 e. The zero-order chi connectivity index (χ0) is 27.9. The van der Waals surface area contributed by atoms with Gasteiger partial charge in [-0.15, -0.1) is 0 Å². The molecule has 0 spiro atoms. The van der Waals surface area contributed by atoms with Gasteiger partial charge in [0, 0.05) is 0 Å². The van der Waals surface area contributed by atoms with Crippen molar-refractivity contribution in [1.29, 1.82) is 0 Å². The Bertz CT molecular complexity index is 1060. The molecule has 3 saturated carbocycles. The van der Waals surface area contributed by atoms with E-state index < -0.39 is 11.6 Å².